The van der Waals surface area contributed by atoms with Gasteiger partial charge in [-0.1, -0.05) is 12.1 Å². The summed E-state index contributed by atoms with van der Waals surface area (Å²) in [7, 11) is 0. The topological polar surface area (TPSA) is 92.2 Å². The molecule has 8 heteroatoms. The number of nitrogens with zero attached hydrogens (tertiary/aromatic N) is 4. The summed E-state index contributed by atoms with van der Waals surface area (Å²) < 4.78 is 1.90. The summed E-state index contributed by atoms with van der Waals surface area (Å²) in [5, 5.41) is 13.9. The van der Waals surface area contributed by atoms with Crippen LogP contribution in [0.25, 0.3) is 0 Å². The van der Waals surface area contributed by atoms with Crippen molar-refractivity contribution in [2.75, 3.05) is 11.9 Å². The summed E-state index contributed by atoms with van der Waals surface area (Å²) >= 11 is 0. The quantitative estimate of drug-likeness (QED) is 0.845. The third-order valence-corrected chi connectivity index (χ3v) is 4.14. The second kappa shape index (κ2) is 7.65. The minimum atomic E-state index is -0.180. The van der Waals surface area contributed by atoms with Crippen molar-refractivity contribution >= 4 is 17.5 Å². The van der Waals surface area contributed by atoms with Crippen LogP contribution in [0.5, 0.6) is 0 Å². The van der Waals surface area contributed by atoms with Crippen LogP contribution < -0.4 is 10.6 Å². The molecule has 2 aromatic rings. The summed E-state index contributed by atoms with van der Waals surface area (Å²) in [5.74, 6) is 0.930. The smallest absolute Gasteiger partial charge is 0.289 e. The van der Waals surface area contributed by atoms with Crippen LogP contribution in [0.15, 0.2) is 24.3 Å². The van der Waals surface area contributed by atoms with Gasteiger partial charge in [0.1, 0.15) is 5.82 Å². The largest absolute Gasteiger partial charge is 0.347 e. The number of rotatable bonds is 5. The molecule has 1 aliphatic rings. The van der Waals surface area contributed by atoms with E-state index in [0.29, 0.717) is 18.9 Å². The Morgan fingerprint density at radius 2 is 1.88 bits per heavy atom. The Bertz CT molecular complexity index is 797. The van der Waals surface area contributed by atoms with Crippen molar-refractivity contribution in [2.45, 2.75) is 46.4 Å². The molecule has 0 atom stereocenters. The van der Waals surface area contributed by atoms with Gasteiger partial charge in [-0.25, -0.2) is 0 Å². The number of carbonyl (C=O) groups is 2. The van der Waals surface area contributed by atoms with Gasteiger partial charge in [0, 0.05) is 38.3 Å². The van der Waals surface area contributed by atoms with Crippen molar-refractivity contribution in [1.82, 2.24) is 25.0 Å². The maximum absolute atomic E-state index is 12.2. The molecular formula is C18H24N6O2. The molecule has 3 rings (SSSR count). The summed E-state index contributed by atoms with van der Waals surface area (Å²) in [4.78, 5) is 25.5. The third kappa shape index (κ3) is 4.26. The Morgan fingerprint density at radius 3 is 2.54 bits per heavy atom. The number of hydrogen-bond donors (Lipinski definition) is 2. The van der Waals surface area contributed by atoms with Gasteiger partial charge in [0.25, 0.3) is 5.91 Å². The predicted molar refractivity (Wildman–Crippen MR) is 97.5 cm³/mol. The SMILES string of the molecule is CC(=O)Nc1ccc(CN2CCn3c(nnc3C(=O)NC(C)C)C2)cc1. The van der Waals surface area contributed by atoms with Crippen LogP contribution in [-0.4, -0.2) is 44.1 Å². The third-order valence-electron chi connectivity index (χ3n) is 4.14. The van der Waals surface area contributed by atoms with Crippen LogP contribution in [-0.2, 0) is 24.4 Å². The van der Waals surface area contributed by atoms with Crippen molar-refractivity contribution in [3.05, 3.63) is 41.5 Å². The predicted octanol–water partition coefficient (Wildman–Crippen LogP) is 1.39. The minimum Gasteiger partial charge on any atom is -0.347 e. The molecule has 1 aromatic carbocycles. The lowest BCUT2D eigenvalue weighted by Crippen LogP contribution is -2.37. The van der Waals surface area contributed by atoms with Crippen LogP contribution in [0.4, 0.5) is 5.69 Å². The highest BCUT2D eigenvalue weighted by atomic mass is 16.2. The first-order valence-electron chi connectivity index (χ1n) is 8.74. The minimum absolute atomic E-state index is 0.0657. The molecule has 0 bridgehead atoms. The molecule has 26 heavy (non-hydrogen) atoms. The maximum atomic E-state index is 12.2. The van der Waals surface area contributed by atoms with Crippen LogP contribution in [0.2, 0.25) is 0 Å². The van der Waals surface area contributed by atoms with Crippen molar-refractivity contribution in [3.8, 4) is 0 Å². The van der Waals surface area contributed by atoms with Gasteiger partial charge < -0.3 is 15.2 Å². The molecule has 0 spiro atoms. The molecule has 1 aliphatic heterocycles. The van der Waals surface area contributed by atoms with E-state index < -0.39 is 0 Å². The number of amides is 2. The zero-order valence-electron chi connectivity index (χ0n) is 15.3. The van der Waals surface area contributed by atoms with Crippen molar-refractivity contribution in [2.24, 2.45) is 0 Å². The van der Waals surface area contributed by atoms with Gasteiger partial charge in [-0.15, -0.1) is 10.2 Å². The number of anilines is 1. The number of carbonyl (C=O) groups excluding carboxylic acids is 2. The van der Waals surface area contributed by atoms with E-state index in [0.717, 1.165) is 30.2 Å². The van der Waals surface area contributed by atoms with Gasteiger partial charge in [0.05, 0.1) is 6.54 Å². The first-order valence-corrected chi connectivity index (χ1v) is 8.74. The molecule has 0 unspecified atom stereocenters. The highest BCUT2D eigenvalue weighted by Gasteiger charge is 2.24. The Morgan fingerprint density at radius 1 is 1.15 bits per heavy atom. The van der Waals surface area contributed by atoms with E-state index in [-0.39, 0.29) is 17.9 Å². The Kier molecular flexibility index (Phi) is 5.32. The van der Waals surface area contributed by atoms with Crippen LogP contribution in [0.3, 0.4) is 0 Å². The van der Waals surface area contributed by atoms with Crippen LogP contribution in [0.1, 0.15) is 42.8 Å². The first kappa shape index (κ1) is 18.1. The lowest BCUT2D eigenvalue weighted by atomic mass is 10.2. The van der Waals surface area contributed by atoms with Crippen molar-refractivity contribution in [3.63, 3.8) is 0 Å². The lowest BCUT2D eigenvalue weighted by molar-refractivity contribution is -0.114. The van der Waals surface area contributed by atoms with Crippen molar-refractivity contribution in [1.29, 1.82) is 0 Å². The zero-order valence-corrected chi connectivity index (χ0v) is 15.3. The molecule has 2 N–H and O–H groups in total. The Labute approximate surface area is 152 Å². The standard InChI is InChI=1S/C18H24N6O2/c1-12(2)19-18(26)17-22-21-16-11-23(8-9-24(16)17)10-14-4-6-15(7-5-14)20-13(3)25/h4-7,12H,8-11H2,1-3H3,(H,19,26)(H,20,25). The average molecular weight is 356 g/mol. The summed E-state index contributed by atoms with van der Waals surface area (Å²) in [5.41, 5.74) is 1.95. The van der Waals surface area contributed by atoms with Gasteiger partial charge >= 0.3 is 0 Å². The fourth-order valence-corrected chi connectivity index (χ4v) is 2.99. The Balaban J connectivity index is 1.63. The fourth-order valence-electron chi connectivity index (χ4n) is 2.99. The summed E-state index contributed by atoms with van der Waals surface area (Å²) in [6, 6.07) is 7.88. The summed E-state index contributed by atoms with van der Waals surface area (Å²) in [6.07, 6.45) is 0. The van der Waals surface area contributed by atoms with Gasteiger partial charge in [0.2, 0.25) is 11.7 Å². The second-order valence-electron chi connectivity index (χ2n) is 6.81. The lowest BCUT2D eigenvalue weighted by Gasteiger charge is -2.27. The zero-order chi connectivity index (χ0) is 18.7. The molecule has 0 aliphatic carbocycles. The number of nitrogens with one attached hydrogen (secondary N) is 2. The van der Waals surface area contributed by atoms with Gasteiger partial charge in [-0.3, -0.25) is 14.5 Å². The molecule has 0 saturated carbocycles. The number of fused-ring (bicyclic) bond motifs is 1. The van der Waals surface area contributed by atoms with Crippen LogP contribution >= 0.6 is 0 Å². The van der Waals surface area contributed by atoms with E-state index in [1.165, 1.54) is 6.92 Å². The highest BCUT2D eigenvalue weighted by molar-refractivity contribution is 5.91. The molecule has 2 amide bonds. The molecule has 0 fully saturated rings. The monoisotopic (exact) mass is 356 g/mol. The number of aromatic nitrogens is 3. The highest BCUT2D eigenvalue weighted by Crippen LogP contribution is 2.17. The fraction of sp³-hybridized carbons (Fsp3) is 0.444. The molecule has 138 valence electrons. The number of hydrogen-bond acceptors (Lipinski definition) is 5. The maximum Gasteiger partial charge on any atom is 0.289 e. The van der Waals surface area contributed by atoms with Crippen LogP contribution in [0, 0.1) is 0 Å². The van der Waals surface area contributed by atoms with E-state index in [1.807, 2.05) is 42.7 Å². The molecule has 0 radical (unpaired) electrons. The van der Waals surface area contributed by atoms with E-state index in [2.05, 4.69) is 25.7 Å². The van der Waals surface area contributed by atoms with E-state index >= 15 is 0 Å². The molecular weight excluding hydrogens is 332 g/mol. The molecule has 0 saturated heterocycles. The van der Waals surface area contributed by atoms with Gasteiger partial charge in [-0.2, -0.15) is 0 Å². The first-order chi connectivity index (χ1) is 12.4. The second-order valence-corrected chi connectivity index (χ2v) is 6.81. The number of benzene rings is 1. The molecule has 2 heterocycles. The molecule has 1 aromatic heterocycles. The van der Waals surface area contributed by atoms with Gasteiger partial charge in [0.15, 0.2) is 0 Å². The summed E-state index contributed by atoms with van der Waals surface area (Å²) in [6.45, 7) is 8.27. The average Bonchev–Trinajstić information content (AvgIpc) is 2.99. The molecule has 8 nitrogen and oxygen atoms in total. The van der Waals surface area contributed by atoms with Crippen molar-refractivity contribution < 1.29 is 9.59 Å². The van der Waals surface area contributed by atoms with Gasteiger partial charge in [-0.05, 0) is 31.5 Å². The van der Waals surface area contributed by atoms with E-state index in [9.17, 15) is 9.59 Å². The van der Waals surface area contributed by atoms with E-state index in [1.54, 1.807) is 0 Å². The van der Waals surface area contributed by atoms with E-state index in [4.69, 9.17) is 0 Å². The Hall–Kier alpha value is -2.74. The normalized spacial score (nSPS) is 14.2.